The van der Waals surface area contributed by atoms with Gasteiger partial charge in [0.1, 0.15) is 6.04 Å². The Bertz CT molecular complexity index is 289. The second-order valence-corrected chi connectivity index (χ2v) is 2.73. The van der Waals surface area contributed by atoms with Crippen molar-refractivity contribution in [1.82, 2.24) is 5.32 Å². The van der Waals surface area contributed by atoms with Crippen LogP contribution in [0.5, 0.6) is 0 Å². The normalized spacial score (nSPS) is 18.4. The van der Waals surface area contributed by atoms with Gasteiger partial charge in [-0.3, -0.25) is 14.4 Å². The van der Waals surface area contributed by atoms with Crippen molar-refractivity contribution in [3.8, 4) is 0 Å². The summed E-state index contributed by atoms with van der Waals surface area (Å²) in [6.45, 7) is 0. The van der Waals surface area contributed by atoms with Crippen LogP contribution in [0.25, 0.3) is 0 Å². The molecule has 1 heterocycles. The lowest BCUT2D eigenvalue weighted by Crippen LogP contribution is -2.32. The molecule has 0 radical (unpaired) electrons. The van der Waals surface area contributed by atoms with Crippen molar-refractivity contribution in [1.29, 1.82) is 0 Å². The van der Waals surface area contributed by atoms with Crippen molar-refractivity contribution in [3.05, 3.63) is 0 Å². The van der Waals surface area contributed by atoms with Crippen molar-refractivity contribution in [3.63, 3.8) is 0 Å². The Balaban J connectivity index is 0.000000288. The van der Waals surface area contributed by atoms with Gasteiger partial charge in [-0.25, -0.2) is 4.79 Å². The Labute approximate surface area is 84.6 Å². The summed E-state index contributed by atoms with van der Waals surface area (Å²) in [6, 6.07) is -0.641. The molecule has 1 fully saturated rings. The lowest BCUT2D eigenvalue weighted by atomic mass is 10.2. The topological polar surface area (TPSA) is 153 Å². The van der Waals surface area contributed by atoms with Crippen LogP contribution >= 0.6 is 0 Å². The number of amides is 3. The molecule has 1 saturated heterocycles. The third-order valence-corrected chi connectivity index (χ3v) is 1.54. The second kappa shape index (κ2) is 5.58. The molecule has 0 aliphatic carbocycles. The third kappa shape index (κ3) is 5.24. The molecule has 1 rings (SSSR count). The largest absolute Gasteiger partial charge is 0.480 e. The van der Waals surface area contributed by atoms with Crippen molar-refractivity contribution in [2.24, 2.45) is 11.5 Å². The van der Waals surface area contributed by atoms with Gasteiger partial charge in [-0.1, -0.05) is 0 Å². The number of carbonyl (C=O) groups excluding carboxylic acids is 3. The van der Waals surface area contributed by atoms with Gasteiger partial charge in [0.25, 0.3) is 0 Å². The Morgan fingerprint density at radius 2 is 1.73 bits per heavy atom. The molecule has 0 spiro atoms. The summed E-state index contributed by atoms with van der Waals surface area (Å²) in [5.74, 6) is -3.31. The second-order valence-electron chi connectivity index (χ2n) is 2.73. The van der Waals surface area contributed by atoms with Gasteiger partial charge in [0.2, 0.25) is 5.91 Å². The summed E-state index contributed by atoms with van der Waals surface area (Å²) in [7, 11) is 0. The molecule has 0 bridgehead atoms. The minimum Gasteiger partial charge on any atom is -0.480 e. The molecule has 0 aromatic heterocycles. The summed E-state index contributed by atoms with van der Waals surface area (Å²) in [6.07, 6.45) is 0.769. The summed E-state index contributed by atoms with van der Waals surface area (Å²) in [4.78, 5) is 39.4. The fourth-order valence-electron chi connectivity index (χ4n) is 0.799. The van der Waals surface area contributed by atoms with Crippen molar-refractivity contribution in [2.75, 3.05) is 0 Å². The highest BCUT2D eigenvalue weighted by Gasteiger charge is 2.26. The predicted molar refractivity (Wildman–Crippen MR) is 47.2 cm³/mol. The number of primary amides is 2. The standard InChI is InChI=1S/C5H7NO3.C2H4N2O2/c7-4-2-1-3(6-4)5(8)9;3-1(5)2(4)6/h3H,1-2H2,(H,6,7)(H,8,9);(H2,3,5)(H2,4,6)/t3-;/m0./s1. The van der Waals surface area contributed by atoms with Gasteiger partial charge in [-0.2, -0.15) is 0 Å². The molecule has 0 aromatic carbocycles. The van der Waals surface area contributed by atoms with Gasteiger partial charge in [-0.05, 0) is 6.42 Å². The summed E-state index contributed by atoms with van der Waals surface area (Å²) < 4.78 is 0. The summed E-state index contributed by atoms with van der Waals surface area (Å²) >= 11 is 0. The molecule has 0 aromatic rings. The van der Waals surface area contributed by atoms with E-state index >= 15 is 0 Å². The Hall–Kier alpha value is -2.12. The van der Waals surface area contributed by atoms with E-state index in [0.29, 0.717) is 12.8 Å². The SMILES string of the molecule is NC(=O)C(N)=O.O=C1CC[C@@H](C(=O)O)N1. The van der Waals surface area contributed by atoms with E-state index in [-0.39, 0.29) is 5.91 Å². The van der Waals surface area contributed by atoms with Crippen LogP contribution in [-0.4, -0.2) is 34.8 Å². The molecule has 0 unspecified atom stereocenters. The number of carboxylic acid groups (broad SMARTS) is 1. The zero-order valence-electron chi connectivity index (χ0n) is 7.73. The van der Waals surface area contributed by atoms with Gasteiger partial charge in [0, 0.05) is 6.42 Å². The van der Waals surface area contributed by atoms with Crippen LogP contribution in [0.2, 0.25) is 0 Å². The van der Waals surface area contributed by atoms with E-state index in [9.17, 15) is 19.2 Å². The van der Waals surface area contributed by atoms with Crippen LogP contribution in [0.1, 0.15) is 12.8 Å². The van der Waals surface area contributed by atoms with Crippen molar-refractivity contribution >= 4 is 23.7 Å². The van der Waals surface area contributed by atoms with Gasteiger partial charge < -0.3 is 21.9 Å². The number of rotatable bonds is 1. The van der Waals surface area contributed by atoms with Gasteiger partial charge in [0.15, 0.2) is 0 Å². The first kappa shape index (κ1) is 12.9. The van der Waals surface area contributed by atoms with E-state index < -0.39 is 23.8 Å². The molecule has 6 N–H and O–H groups in total. The Morgan fingerprint density at radius 3 is 1.87 bits per heavy atom. The maximum absolute atomic E-state index is 10.4. The summed E-state index contributed by atoms with van der Waals surface area (Å²) in [5.41, 5.74) is 8.64. The maximum Gasteiger partial charge on any atom is 0.326 e. The monoisotopic (exact) mass is 217 g/mol. The smallest absolute Gasteiger partial charge is 0.326 e. The highest BCUT2D eigenvalue weighted by atomic mass is 16.4. The quantitative estimate of drug-likeness (QED) is 0.352. The van der Waals surface area contributed by atoms with Gasteiger partial charge in [-0.15, -0.1) is 0 Å². The van der Waals surface area contributed by atoms with Crippen LogP contribution in [0.3, 0.4) is 0 Å². The number of aliphatic carboxylic acids is 1. The number of hydrogen-bond donors (Lipinski definition) is 4. The zero-order chi connectivity index (χ0) is 12.0. The number of hydrogen-bond acceptors (Lipinski definition) is 4. The molecular formula is C7H11N3O5. The number of nitrogens with one attached hydrogen (secondary N) is 1. The van der Waals surface area contributed by atoms with Crippen LogP contribution < -0.4 is 16.8 Å². The molecule has 3 amide bonds. The molecule has 8 heteroatoms. The molecule has 1 atom stereocenters. The molecule has 8 nitrogen and oxygen atoms in total. The maximum atomic E-state index is 10.4. The van der Waals surface area contributed by atoms with Crippen LogP contribution in [-0.2, 0) is 19.2 Å². The van der Waals surface area contributed by atoms with Crippen LogP contribution in [0.4, 0.5) is 0 Å². The first-order valence-corrected chi connectivity index (χ1v) is 3.96. The average molecular weight is 217 g/mol. The molecule has 1 aliphatic heterocycles. The van der Waals surface area contributed by atoms with E-state index in [1.54, 1.807) is 0 Å². The highest BCUT2D eigenvalue weighted by Crippen LogP contribution is 2.05. The molecular weight excluding hydrogens is 206 g/mol. The van der Waals surface area contributed by atoms with E-state index in [2.05, 4.69) is 16.8 Å². The van der Waals surface area contributed by atoms with Crippen molar-refractivity contribution in [2.45, 2.75) is 18.9 Å². The molecule has 15 heavy (non-hydrogen) atoms. The van der Waals surface area contributed by atoms with E-state index in [1.807, 2.05) is 0 Å². The molecule has 1 aliphatic rings. The first-order valence-electron chi connectivity index (χ1n) is 3.96. The lowest BCUT2D eigenvalue weighted by molar-refractivity contribution is -0.140. The number of carboxylic acids is 1. The van der Waals surface area contributed by atoms with E-state index in [1.165, 1.54) is 0 Å². The first-order chi connectivity index (χ1) is 6.84. The van der Waals surface area contributed by atoms with Crippen LogP contribution in [0.15, 0.2) is 0 Å². The van der Waals surface area contributed by atoms with Gasteiger partial charge in [0.05, 0.1) is 0 Å². The zero-order valence-corrected chi connectivity index (χ0v) is 7.73. The fourth-order valence-corrected chi connectivity index (χ4v) is 0.799. The van der Waals surface area contributed by atoms with Gasteiger partial charge >= 0.3 is 17.8 Å². The number of carbonyl (C=O) groups is 4. The predicted octanol–water partition coefficient (Wildman–Crippen LogP) is -2.69. The summed E-state index contributed by atoms with van der Waals surface area (Å²) in [5, 5.41) is 10.6. The van der Waals surface area contributed by atoms with Crippen molar-refractivity contribution < 1.29 is 24.3 Å². The lowest BCUT2D eigenvalue weighted by Gasteiger charge is -1.99. The van der Waals surface area contributed by atoms with E-state index in [4.69, 9.17) is 5.11 Å². The Kier molecular flexibility index (Phi) is 4.79. The minimum atomic E-state index is -1.10. The molecule has 0 saturated carbocycles. The van der Waals surface area contributed by atoms with E-state index in [0.717, 1.165) is 0 Å². The highest BCUT2D eigenvalue weighted by molar-refractivity contribution is 6.33. The minimum absolute atomic E-state index is 0.164. The third-order valence-electron chi connectivity index (χ3n) is 1.54. The Morgan fingerprint density at radius 1 is 1.27 bits per heavy atom. The molecule has 84 valence electrons. The average Bonchev–Trinajstić information content (AvgIpc) is 2.52. The fraction of sp³-hybridized carbons (Fsp3) is 0.429. The number of nitrogens with two attached hydrogens (primary N) is 2. The van der Waals surface area contributed by atoms with Crippen LogP contribution in [0, 0.1) is 0 Å².